The molecule has 8 nitrogen and oxygen atoms in total. The molecule has 3 aromatic rings. The number of urea groups is 1. The van der Waals surface area contributed by atoms with Crippen molar-refractivity contribution in [3.63, 3.8) is 0 Å². The highest BCUT2D eigenvalue weighted by atomic mass is 16.5. The van der Waals surface area contributed by atoms with E-state index in [9.17, 15) is 9.59 Å². The van der Waals surface area contributed by atoms with Gasteiger partial charge in [0.25, 0.3) is 5.91 Å². The zero-order chi connectivity index (χ0) is 19.8. The predicted molar refractivity (Wildman–Crippen MR) is 102 cm³/mol. The summed E-state index contributed by atoms with van der Waals surface area (Å²) in [5, 5.41) is 8.23. The second-order valence-corrected chi connectivity index (χ2v) is 6.93. The van der Waals surface area contributed by atoms with Crippen molar-refractivity contribution in [1.29, 1.82) is 0 Å². The summed E-state index contributed by atoms with van der Waals surface area (Å²) in [5.41, 5.74) is 3.18. The number of hydrogen-bond donors (Lipinski definition) is 0. The summed E-state index contributed by atoms with van der Waals surface area (Å²) in [6.07, 6.45) is 3.23. The molecule has 8 heteroatoms. The number of amides is 3. The van der Waals surface area contributed by atoms with E-state index in [0.29, 0.717) is 12.2 Å². The average molecular weight is 379 g/mol. The van der Waals surface area contributed by atoms with Crippen LogP contribution in [0.4, 0.5) is 10.5 Å². The minimum absolute atomic E-state index is 0.0456. The quantitative estimate of drug-likeness (QED) is 0.636. The fourth-order valence-corrected chi connectivity index (χ4v) is 3.43. The van der Waals surface area contributed by atoms with Crippen LogP contribution in [0.1, 0.15) is 35.5 Å². The lowest BCUT2D eigenvalue weighted by atomic mass is 10.1. The summed E-state index contributed by atoms with van der Waals surface area (Å²) in [6, 6.07) is 9.14. The normalized spacial score (nSPS) is 15.5. The highest BCUT2D eigenvalue weighted by molar-refractivity contribution is 6.19. The fraction of sp³-hybridized carbons (Fsp3) is 0.300. The van der Waals surface area contributed by atoms with E-state index in [1.165, 1.54) is 11.1 Å². The van der Waals surface area contributed by atoms with E-state index in [1.807, 2.05) is 51.1 Å². The molecule has 0 aliphatic carbocycles. The summed E-state index contributed by atoms with van der Waals surface area (Å²) in [7, 11) is 0. The molecule has 1 fully saturated rings. The Kier molecular flexibility index (Phi) is 4.46. The van der Waals surface area contributed by atoms with E-state index in [1.54, 1.807) is 15.8 Å². The molecule has 0 spiro atoms. The van der Waals surface area contributed by atoms with Gasteiger partial charge in [0.05, 0.1) is 30.2 Å². The smallest absolute Gasteiger partial charge is 0.332 e. The van der Waals surface area contributed by atoms with Gasteiger partial charge in [-0.25, -0.2) is 9.69 Å². The Labute approximate surface area is 162 Å². The lowest BCUT2D eigenvalue weighted by Crippen LogP contribution is -2.34. The van der Waals surface area contributed by atoms with Crippen molar-refractivity contribution >= 4 is 17.6 Å². The van der Waals surface area contributed by atoms with Crippen LogP contribution in [0.25, 0.3) is 0 Å². The van der Waals surface area contributed by atoms with Crippen LogP contribution in [0, 0.1) is 13.8 Å². The van der Waals surface area contributed by atoms with E-state index in [2.05, 4.69) is 10.3 Å². The van der Waals surface area contributed by atoms with Crippen molar-refractivity contribution < 1.29 is 14.1 Å². The number of nitrogens with zero attached hydrogens (tertiary/aromatic N) is 5. The van der Waals surface area contributed by atoms with Gasteiger partial charge in [-0.1, -0.05) is 35.5 Å². The van der Waals surface area contributed by atoms with Gasteiger partial charge in [-0.3, -0.25) is 9.48 Å². The van der Waals surface area contributed by atoms with E-state index in [-0.39, 0.29) is 24.5 Å². The third-order valence-electron chi connectivity index (χ3n) is 5.12. The molecule has 0 bridgehead atoms. The Morgan fingerprint density at radius 2 is 1.93 bits per heavy atom. The van der Waals surface area contributed by atoms with E-state index >= 15 is 0 Å². The minimum Gasteiger partial charge on any atom is -0.361 e. The van der Waals surface area contributed by atoms with Crippen LogP contribution < -0.4 is 4.90 Å². The molecule has 0 saturated carbocycles. The van der Waals surface area contributed by atoms with Gasteiger partial charge in [0, 0.05) is 11.8 Å². The Morgan fingerprint density at radius 3 is 2.61 bits per heavy atom. The zero-order valence-corrected chi connectivity index (χ0v) is 16.0. The molecule has 3 amide bonds. The topological polar surface area (TPSA) is 84.5 Å². The van der Waals surface area contributed by atoms with Crippen LogP contribution >= 0.6 is 0 Å². The molecule has 2 aromatic heterocycles. The molecule has 4 rings (SSSR count). The fourth-order valence-electron chi connectivity index (χ4n) is 3.43. The van der Waals surface area contributed by atoms with E-state index < -0.39 is 0 Å². The van der Waals surface area contributed by atoms with Crippen molar-refractivity contribution in [2.45, 2.75) is 33.4 Å². The molecule has 0 radical (unpaired) electrons. The third-order valence-corrected chi connectivity index (χ3v) is 5.12. The predicted octanol–water partition coefficient (Wildman–Crippen LogP) is 3.07. The van der Waals surface area contributed by atoms with Gasteiger partial charge < -0.3 is 9.42 Å². The second-order valence-electron chi connectivity index (χ2n) is 6.93. The summed E-state index contributed by atoms with van der Waals surface area (Å²) >= 11 is 0. The highest BCUT2D eigenvalue weighted by Crippen LogP contribution is 2.28. The van der Waals surface area contributed by atoms with Gasteiger partial charge in [-0.15, -0.1) is 0 Å². The first-order chi connectivity index (χ1) is 13.5. The minimum atomic E-state index is -0.335. The number of aryl methyl sites for hydroxylation is 2. The summed E-state index contributed by atoms with van der Waals surface area (Å²) in [4.78, 5) is 28.3. The molecule has 144 valence electrons. The first-order valence-corrected chi connectivity index (χ1v) is 9.08. The number of benzene rings is 1. The van der Waals surface area contributed by atoms with Crippen LogP contribution in [-0.2, 0) is 11.3 Å². The van der Waals surface area contributed by atoms with Crippen LogP contribution in [0.3, 0.4) is 0 Å². The number of anilines is 1. The molecule has 1 unspecified atom stereocenters. The monoisotopic (exact) mass is 379 g/mol. The van der Waals surface area contributed by atoms with Crippen molar-refractivity contribution in [2.24, 2.45) is 0 Å². The van der Waals surface area contributed by atoms with Gasteiger partial charge in [0.2, 0.25) is 0 Å². The lowest BCUT2D eigenvalue weighted by molar-refractivity contribution is -0.116. The summed E-state index contributed by atoms with van der Waals surface area (Å²) < 4.78 is 6.85. The summed E-state index contributed by atoms with van der Waals surface area (Å²) in [6.45, 7) is 6.14. The second kappa shape index (κ2) is 6.95. The standard InChI is InChI=1S/C20H21N5O3/c1-13-18(15(3)28-22-13)11-23-10-17(9-21-23)25-19(26)12-24(20(25)27)14(2)16-7-5-4-6-8-16/h4-10,14H,11-12H2,1-3H3. The lowest BCUT2D eigenvalue weighted by Gasteiger charge is -2.23. The van der Waals surface area contributed by atoms with Gasteiger partial charge in [-0.2, -0.15) is 5.10 Å². The Hall–Kier alpha value is -3.42. The molecule has 1 aliphatic heterocycles. The van der Waals surface area contributed by atoms with Crippen LogP contribution in [-0.4, -0.2) is 38.3 Å². The molecule has 1 saturated heterocycles. The third kappa shape index (κ3) is 3.06. The van der Waals surface area contributed by atoms with Crippen LogP contribution in [0.15, 0.2) is 47.2 Å². The molecule has 0 N–H and O–H groups in total. The van der Waals surface area contributed by atoms with Crippen molar-refractivity contribution in [1.82, 2.24) is 19.8 Å². The Bertz CT molecular complexity index is 1000. The number of rotatable bonds is 5. The molecule has 1 atom stereocenters. The largest absolute Gasteiger partial charge is 0.361 e. The van der Waals surface area contributed by atoms with Crippen molar-refractivity contribution in [2.75, 3.05) is 11.4 Å². The highest BCUT2D eigenvalue weighted by Gasteiger charge is 2.40. The molecule has 1 aromatic carbocycles. The molecule has 3 heterocycles. The maximum Gasteiger partial charge on any atom is 0.332 e. The number of aromatic nitrogens is 3. The maximum atomic E-state index is 12.9. The maximum absolute atomic E-state index is 12.9. The first-order valence-electron chi connectivity index (χ1n) is 9.08. The van der Waals surface area contributed by atoms with E-state index in [4.69, 9.17) is 4.52 Å². The first kappa shape index (κ1) is 18.0. The van der Waals surface area contributed by atoms with Gasteiger partial charge >= 0.3 is 6.03 Å². The summed E-state index contributed by atoms with van der Waals surface area (Å²) in [5.74, 6) is 0.468. The Balaban J connectivity index is 1.54. The average Bonchev–Trinajstić information content (AvgIpc) is 3.36. The molecule has 1 aliphatic rings. The number of carbonyl (C=O) groups is 2. The molecular formula is C20H21N5O3. The number of carbonyl (C=O) groups excluding carboxylic acids is 2. The number of imide groups is 1. The molecule has 28 heavy (non-hydrogen) atoms. The SMILES string of the molecule is Cc1noc(C)c1Cn1cc(N2C(=O)CN(C(C)c3ccccc3)C2=O)cn1. The van der Waals surface area contributed by atoms with Gasteiger partial charge in [-0.05, 0) is 26.3 Å². The van der Waals surface area contributed by atoms with Gasteiger partial charge in [0.1, 0.15) is 12.3 Å². The van der Waals surface area contributed by atoms with Crippen molar-refractivity contribution in [3.05, 3.63) is 65.3 Å². The number of hydrogen-bond acceptors (Lipinski definition) is 5. The zero-order valence-electron chi connectivity index (χ0n) is 16.0. The van der Waals surface area contributed by atoms with Gasteiger partial charge in [0.15, 0.2) is 0 Å². The Morgan fingerprint density at radius 1 is 1.18 bits per heavy atom. The van der Waals surface area contributed by atoms with Crippen LogP contribution in [0.2, 0.25) is 0 Å². The van der Waals surface area contributed by atoms with Crippen LogP contribution in [0.5, 0.6) is 0 Å². The van der Waals surface area contributed by atoms with Crippen molar-refractivity contribution in [3.8, 4) is 0 Å². The molecular weight excluding hydrogens is 358 g/mol. The van der Waals surface area contributed by atoms with E-state index in [0.717, 1.165) is 22.6 Å².